The second kappa shape index (κ2) is 5.46. The number of carbonyl (C=O) groups is 2. The molecule has 20 heavy (non-hydrogen) atoms. The molecule has 1 aromatic rings. The molecule has 1 fully saturated rings. The zero-order valence-electron chi connectivity index (χ0n) is 10.9. The number of hydrogen-bond donors (Lipinski definition) is 3. The zero-order chi connectivity index (χ0) is 14.8. The molecule has 0 aliphatic carbocycles. The first kappa shape index (κ1) is 14.3. The van der Waals surface area contributed by atoms with Gasteiger partial charge in [0.1, 0.15) is 11.2 Å². The number of ether oxygens (including phenoxy) is 1. The molecule has 0 bridgehead atoms. The van der Waals surface area contributed by atoms with E-state index in [2.05, 4.69) is 10.6 Å². The SMILES string of the molecule is CC1(C(=O)O)COCC1NC(=O)Nc1cccc(F)c1. The summed E-state index contributed by atoms with van der Waals surface area (Å²) in [6.45, 7) is 1.67. The highest BCUT2D eigenvalue weighted by atomic mass is 19.1. The van der Waals surface area contributed by atoms with Crippen LogP contribution in [0.2, 0.25) is 0 Å². The van der Waals surface area contributed by atoms with Gasteiger partial charge in [-0.3, -0.25) is 4.79 Å². The van der Waals surface area contributed by atoms with Gasteiger partial charge in [0.15, 0.2) is 0 Å². The van der Waals surface area contributed by atoms with Crippen LogP contribution in [0.3, 0.4) is 0 Å². The number of urea groups is 1. The molecular formula is C13H15FN2O4. The first-order valence-corrected chi connectivity index (χ1v) is 6.06. The molecule has 0 radical (unpaired) electrons. The van der Waals surface area contributed by atoms with E-state index in [9.17, 15) is 19.1 Å². The minimum absolute atomic E-state index is 0.0350. The van der Waals surface area contributed by atoms with Crippen molar-refractivity contribution in [3.8, 4) is 0 Å². The fourth-order valence-corrected chi connectivity index (χ4v) is 1.98. The lowest BCUT2D eigenvalue weighted by Gasteiger charge is -2.25. The number of benzene rings is 1. The van der Waals surface area contributed by atoms with Crippen molar-refractivity contribution in [3.05, 3.63) is 30.1 Å². The van der Waals surface area contributed by atoms with Gasteiger partial charge in [0.25, 0.3) is 0 Å². The number of nitrogens with one attached hydrogen (secondary N) is 2. The summed E-state index contributed by atoms with van der Waals surface area (Å²) >= 11 is 0. The maximum absolute atomic E-state index is 13.0. The molecule has 2 amide bonds. The number of carbonyl (C=O) groups excluding carboxylic acids is 1. The molecule has 1 aliphatic rings. The second-order valence-corrected chi connectivity index (χ2v) is 4.90. The van der Waals surface area contributed by atoms with Crippen LogP contribution in [-0.2, 0) is 9.53 Å². The lowest BCUT2D eigenvalue weighted by Crippen LogP contribution is -2.50. The Bertz CT molecular complexity index is 537. The average Bonchev–Trinajstić information content (AvgIpc) is 2.72. The lowest BCUT2D eigenvalue weighted by atomic mass is 9.85. The molecule has 0 saturated carbocycles. The highest BCUT2D eigenvalue weighted by Gasteiger charge is 2.47. The fraction of sp³-hybridized carbons (Fsp3) is 0.385. The number of amides is 2. The highest BCUT2D eigenvalue weighted by Crippen LogP contribution is 2.28. The van der Waals surface area contributed by atoms with Crippen LogP contribution >= 0.6 is 0 Å². The first-order valence-electron chi connectivity index (χ1n) is 6.06. The smallest absolute Gasteiger partial charge is 0.319 e. The van der Waals surface area contributed by atoms with Crippen LogP contribution in [-0.4, -0.2) is 36.4 Å². The van der Waals surface area contributed by atoms with Gasteiger partial charge in [-0.25, -0.2) is 9.18 Å². The third-order valence-corrected chi connectivity index (χ3v) is 3.33. The Labute approximate surface area is 114 Å². The predicted octanol–water partition coefficient (Wildman–Crippen LogP) is 1.44. The van der Waals surface area contributed by atoms with Crippen molar-refractivity contribution in [2.45, 2.75) is 13.0 Å². The van der Waals surface area contributed by atoms with Gasteiger partial charge in [-0.2, -0.15) is 0 Å². The Balaban J connectivity index is 2.00. The van der Waals surface area contributed by atoms with Crippen LogP contribution in [0.15, 0.2) is 24.3 Å². The standard InChI is InChI=1S/C13H15FN2O4/c1-13(11(17)18)7-20-6-10(13)16-12(19)15-9-4-2-3-8(14)5-9/h2-5,10H,6-7H2,1H3,(H,17,18)(H2,15,16,19). The summed E-state index contributed by atoms with van der Waals surface area (Å²) in [6, 6.07) is 4.18. The van der Waals surface area contributed by atoms with E-state index >= 15 is 0 Å². The maximum Gasteiger partial charge on any atom is 0.319 e. The Morgan fingerprint density at radius 1 is 1.50 bits per heavy atom. The molecule has 2 atom stereocenters. The molecule has 1 saturated heterocycles. The molecular weight excluding hydrogens is 267 g/mol. The van der Waals surface area contributed by atoms with Crippen LogP contribution in [0, 0.1) is 11.2 Å². The molecule has 1 aromatic carbocycles. The number of rotatable bonds is 3. The topological polar surface area (TPSA) is 87.7 Å². The van der Waals surface area contributed by atoms with Crippen molar-refractivity contribution in [1.29, 1.82) is 0 Å². The van der Waals surface area contributed by atoms with E-state index in [4.69, 9.17) is 4.74 Å². The van der Waals surface area contributed by atoms with E-state index in [0.29, 0.717) is 5.69 Å². The van der Waals surface area contributed by atoms with Crippen LogP contribution in [0.25, 0.3) is 0 Å². The third-order valence-electron chi connectivity index (χ3n) is 3.33. The first-order chi connectivity index (χ1) is 9.41. The summed E-state index contributed by atoms with van der Waals surface area (Å²) in [5, 5.41) is 14.2. The van der Waals surface area contributed by atoms with Crippen LogP contribution in [0.1, 0.15) is 6.92 Å². The van der Waals surface area contributed by atoms with E-state index in [1.807, 2.05) is 0 Å². The minimum atomic E-state index is -1.17. The molecule has 6 nitrogen and oxygen atoms in total. The normalized spacial score (nSPS) is 25.2. The zero-order valence-corrected chi connectivity index (χ0v) is 10.9. The van der Waals surface area contributed by atoms with Gasteiger partial charge >= 0.3 is 12.0 Å². The quantitative estimate of drug-likeness (QED) is 0.782. The largest absolute Gasteiger partial charge is 0.481 e. The van der Waals surface area contributed by atoms with Gasteiger partial charge in [0, 0.05) is 5.69 Å². The summed E-state index contributed by atoms with van der Waals surface area (Å²) in [6.07, 6.45) is 0. The van der Waals surface area contributed by atoms with Crippen LogP contribution < -0.4 is 10.6 Å². The van der Waals surface area contributed by atoms with Gasteiger partial charge in [-0.1, -0.05) is 6.07 Å². The van der Waals surface area contributed by atoms with E-state index < -0.39 is 29.3 Å². The van der Waals surface area contributed by atoms with Gasteiger partial charge < -0.3 is 20.5 Å². The van der Waals surface area contributed by atoms with E-state index in [1.54, 1.807) is 0 Å². The summed E-state index contributed by atoms with van der Waals surface area (Å²) in [5.41, 5.74) is -0.877. The monoisotopic (exact) mass is 282 g/mol. The van der Waals surface area contributed by atoms with Crippen LogP contribution in [0.4, 0.5) is 14.9 Å². The number of anilines is 1. The molecule has 1 aliphatic heterocycles. The van der Waals surface area contributed by atoms with Gasteiger partial charge in [0.2, 0.25) is 0 Å². The predicted molar refractivity (Wildman–Crippen MR) is 68.9 cm³/mol. The molecule has 108 valence electrons. The van der Waals surface area contributed by atoms with E-state index in [1.165, 1.54) is 31.2 Å². The molecule has 2 rings (SSSR count). The molecule has 2 unspecified atom stereocenters. The fourth-order valence-electron chi connectivity index (χ4n) is 1.98. The molecule has 0 spiro atoms. The Morgan fingerprint density at radius 3 is 2.90 bits per heavy atom. The third kappa shape index (κ3) is 2.88. The summed E-state index contributed by atoms with van der Waals surface area (Å²) < 4.78 is 18.1. The van der Waals surface area contributed by atoms with Crippen molar-refractivity contribution in [1.82, 2.24) is 5.32 Å². The summed E-state index contributed by atoms with van der Waals surface area (Å²) in [5.74, 6) is -1.51. The Hall–Kier alpha value is -2.15. The van der Waals surface area contributed by atoms with Crippen molar-refractivity contribution in [3.63, 3.8) is 0 Å². The molecule has 7 heteroatoms. The Kier molecular flexibility index (Phi) is 3.89. The summed E-state index contributed by atoms with van der Waals surface area (Å²) in [7, 11) is 0. The maximum atomic E-state index is 13.0. The van der Waals surface area contributed by atoms with Crippen molar-refractivity contribution >= 4 is 17.7 Å². The van der Waals surface area contributed by atoms with E-state index in [-0.39, 0.29) is 13.2 Å². The number of carboxylic acid groups (broad SMARTS) is 1. The van der Waals surface area contributed by atoms with Gasteiger partial charge in [-0.05, 0) is 25.1 Å². The second-order valence-electron chi connectivity index (χ2n) is 4.90. The van der Waals surface area contributed by atoms with Crippen molar-refractivity contribution in [2.75, 3.05) is 18.5 Å². The van der Waals surface area contributed by atoms with Gasteiger partial charge in [-0.15, -0.1) is 0 Å². The minimum Gasteiger partial charge on any atom is -0.481 e. The van der Waals surface area contributed by atoms with Crippen molar-refractivity contribution in [2.24, 2.45) is 5.41 Å². The van der Waals surface area contributed by atoms with Crippen LogP contribution in [0.5, 0.6) is 0 Å². The molecule has 3 N–H and O–H groups in total. The Morgan fingerprint density at radius 2 is 2.25 bits per heavy atom. The summed E-state index contributed by atoms with van der Waals surface area (Å²) in [4.78, 5) is 23.0. The number of hydrogen-bond acceptors (Lipinski definition) is 3. The van der Waals surface area contributed by atoms with Crippen molar-refractivity contribution < 1.29 is 23.8 Å². The average molecular weight is 282 g/mol. The molecule has 1 heterocycles. The number of aliphatic carboxylic acids is 1. The lowest BCUT2D eigenvalue weighted by molar-refractivity contribution is -0.148. The van der Waals surface area contributed by atoms with Gasteiger partial charge in [0.05, 0.1) is 19.3 Å². The van der Waals surface area contributed by atoms with E-state index in [0.717, 1.165) is 0 Å². The highest BCUT2D eigenvalue weighted by molar-refractivity contribution is 5.90. The molecule has 0 aromatic heterocycles. The number of halogens is 1. The number of carboxylic acids is 1.